The molecule has 0 radical (unpaired) electrons. The Balaban J connectivity index is 1.16. The Morgan fingerprint density at radius 2 is 0.763 bits per heavy atom. The summed E-state index contributed by atoms with van der Waals surface area (Å²) in [6.45, 7) is 0. The van der Waals surface area contributed by atoms with Crippen LogP contribution in [0.25, 0.3) is 78.3 Å². The van der Waals surface area contributed by atoms with Crippen LogP contribution < -0.4 is 0 Å². The largest absolute Gasteiger partial charge is 0.248 e. The van der Waals surface area contributed by atoms with E-state index < -0.39 is 5.41 Å². The van der Waals surface area contributed by atoms with Crippen molar-refractivity contribution in [1.29, 1.82) is 0 Å². The molecular formula is C56H37N3. The first kappa shape index (κ1) is 34.5. The van der Waals surface area contributed by atoms with Crippen molar-refractivity contribution in [2.45, 2.75) is 5.41 Å². The predicted molar refractivity (Wildman–Crippen MR) is 242 cm³/mol. The van der Waals surface area contributed by atoms with Gasteiger partial charge in [-0.1, -0.05) is 194 Å². The van der Waals surface area contributed by atoms with E-state index in [1.165, 1.54) is 33.4 Å². The van der Waals surface area contributed by atoms with E-state index in [1.54, 1.807) is 0 Å². The molecule has 0 saturated heterocycles. The first-order valence-corrected chi connectivity index (χ1v) is 20.1. The summed E-state index contributed by atoms with van der Waals surface area (Å²) < 4.78 is 0. The van der Waals surface area contributed by atoms with Crippen LogP contribution in [0.1, 0.15) is 22.3 Å². The lowest BCUT2D eigenvalue weighted by Crippen LogP contribution is -2.28. The SMILES string of the molecule is c1ccc(-c2cc(-c3ccccc3)nc(-c3cccc(-c4cc(-c5ccccc5)nc5cc6c(cc45)-c4ccccc4C6(c4ccccc4)c4ccccc4)c3)n2)cc1. The van der Waals surface area contributed by atoms with Gasteiger partial charge in [-0.05, 0) is 74.8 Å². The predicted octanol–water partition coefficient (Wildman–Crippen LogP) is 13.7. The molecule has 8 aromatic carbocycles. The highest BCUT2D eigenvalue weighted by Gasteiger charge is 2.46. The first-order valence-electron chi connectivity index (χ1n) is 20.1. The van der Waals surface area contributed by atoms with Crippen molar-refractivity contribution in [1.82, 2.24) is 15.0 Å². The second-order valence-electron chi connectivity index (χ2n) is 15.1. The molecule has 276 valence electrons. The molecule has 0 spiro atoms. The molecule has 3 heteroatoms. The van der Waals surface area contributed by atoms with Crippen molar-refractivity contribution in [3.05, 3.63) is 247 Å². The number of hydrogen-bond acceptors (Lipinski definition) is 3. The zero-order valence-electron chi connectivity index (χ0n) is 32.2. The zero-order valence-corrected chi connectivity index (χ0v) is 32.2. The normalized spacial score (nSPS) is 12.5. The number of benzene rings is 8. The van der Waals surface area contributed by atoms with Gasteiger partial charge in [0.25, 0.3) is 0 Å². The third-order valence-electron chi connectivity index (χ3n) is 11.8. The third-order valence-corrected chi connectivity index (χ3v) is 11.8. The highest BCUT2D eigenvalue weighted by molar-refractivity contribution is 6.03. The van der Waals surface area contributed by atoms with E-state index in [4.69, 9.17) is 15.0 Å². The number of fused-ring (bicyclic) bond motifs is 4. The van der Waals surface area contributed by atoms with E-state index in [-0.39, 0.29) is 0 Å². The topological polar surface area (TPSA) is 38.7 Å². The Kier molecular flexibility index (Phi) is 8.37. The third kappa shape index (κ3) is 5.86. The summed E-state index contributed by atoms with van der Waals surface area (Å²) in [7, 11) is 0. The van der Waals surface area contributed by atoms with Crippen LogP contribution in [0, 0.1) is 0 Å². The summed E-state index contributed by atoms with van der Waals surface area (Å²) >= 11 is 0. The van der Waals surface area contributed by atoms with Crippen molar-refractivity contribution in [3.8, 4) is 67.4 Å². The fourth-order valence-corrected chi connectivity index (χ4v) is 9.07. The van der Waals surface area contributed by atoms with Crippen molar-refractivity contribution >= 4 is 10.9 Å². The average Bonchev–Trinajstić information content (AvgIpc) is 3.61. The highest BCUT2D eigenvalue weighted by Crippen LogP contribution is 2.57. The van der Waals surface area contributed by atoms with Crippen LogP contribution in [0.4, 0.5) is 0 Å². The molecule has 11 rings (SSSR count). The molecular weight excluding hydrogens is 715 g/mol. The minimum absolute atomic E-state index is 0.523. The Morgan fingerprint density at radius 3 is 1.34 bits per heavy atom. The monoisotopic (exact) mass is 751 g/mol. The van der Waals surface area contributed by atoms with Gasteiger partial charge in [-0.3, -0.25) is 0 Å². The average molecular weight is 752 g/mol. The van der Waals surface area contributed by atoms with E-state index in [1.807, 2.05) is 12.1 Å². The van der Waals surface area contributed by atoms with E-state index in [0.717, 1.165) is 61.4 Å². The highest BCUT2D eigenvalue weighted by atomic mass is 14.9. The standard InChI is InChI=1S/C56H37N3/c1-6-19-38(20-7-1)51-35-46(41-25-18-26-42(33-41)55-58-52(39-21-8-2-9-22-39)37-53(59-55)40-23-10-3-11-24-40)48-34-47-45-31-16-17-32-49(45)56(43-27-12-4-13-28-43,44-29-14-5-15-30-44)50(47)36-54(48)57-51/h1-37H. The maximum Gasteiger partial charge on any atom is 0.160 e. The van der Waals surface area contributed by atoms with E-state index in [2.05, 4.69) is 212 Å². The number of hydrogen-bond donors (Lipinski definition) is 0. The molecule has 1 aliphatic rings. The smallest absolute Gasteiger partial charge is 0.160 e. The number of aromatic nitrogens is 3. The van der Waals surface area contributed by atoms with Gasteiger partial charge in [0.2, 0.25) is 0 Å². The summed E-state index contributed by atoms with van der Waals surface area (Å²) in [6.07, 6.45) is 0. The minimum Gasteiger partial charge on any atom is -0.248 e. The molecule has 0 amide bonds. The lowest BCUT2D eigenvalue weighted by Gasteiger charge is -2.34. The van der Waals surface area contributed by atoms with Gasteiger partial charge in [0.1, 0.15) is 0 Å². The van der Waals surface area contributed by atoms with Crippen molar-refractivity contribution in [2.75, 3.05) is 0 Å². The molecule has 0 bridgehead atoms. The van der Waals surface area contributed by atoms with Gasteiger partial charge in [-0.15, -0.1) is 0 Å². The summed E-state index contributed by atoms with van der Waals surface area (Å²) in [5.41, 5.74) is 16.9. The van der Waals surface area contributed by atoms with Crippen molar-refractivity contribution < 1.29 is 0 Å². The van der Waals surface area contributed by atoms with Crippen LogP contribution >= 0.6 is 0 Å². The van der Waals surface area contributed by atoms with Gasteiger partial charge in [-0.2, -0.15) is 0 Å². The second-order valence-corrected chi connectivity index (χ2v) is 15.1. The molecule has 10 aromatic rings. The maximum atomic E-state index is 5.47. The fraction of sp³-hybridized carbons (Fsp3) is 0.0179. The van der Waals surface area contributed by atoms with Gasteiger partial charge >= 0.3 is 0 Å². The van der Waals surface area contributed by atoms with Crippen LogP contribution in [0.15, 0.2) is 224 Å². The molecule has 0 unspecified atom stereocenters. The quantitative estimate of drug-likeness (QED) is 0.163. The Labute approximate surface area is 344 Å². The molecule has 3 nitrogen and oxygen atoms in total. The van der Waals surface area contributed by atoms with Crippen LogP contribution in [0.2, 0.25) is 0 Å². The molecule has 0 aliphatic heterocycles. The molecule has 0 fully saturated rings. The van der Waals surface area contributed by atoms with Crippen molar-refractivity contribution in [3.63, 3.8) is 0 Å². The van der Waals surface area contributed by atoms with E-state index >= 15 is 0 Å². The van der Waals surface area contributed by atoms with Gasteiger partial charge in [0.15, 0.2) is 5.82 Å². The molecule has 59 heavy (non-hydrogen) atoms. The Hall–Kier alpha value is -7.75. The Morgan fingerprint density at radius 1 is 0.288 bits per heavy atom. The van der Waals surface area contributed by atoms with Gasteiger partial charge in [-0.25, -0.2) is 15.0 Å². The van der Waals surface area contributed by atoms with Gasteiger partial charge in [0, 0.05) is 27.6 Å². The summed E-state index contributed by atoms with van der Waals surface area (Å²) in [6, 6.07) is 79.8. The van der Waals surface area contributed by atoms with Crippen LogP contribution in [-0.2, 0) is 5.41 Å². The molecule has 2 aromatic heterocycles. The second kappa shape index (κ2) is 14.3. The fourth-order valence-electron chi connectivity index (χ4n) is 9.07. The molecule has 1 aliphatic carbocycles. The maximum absolute atomic E-state index is 5.47. The lowest BCUT2D eigenvalue weighted by molar-refractivity contribution is 0.769. The van der Waals surface area contributed by atoms with E-state index in [0.29, 0.717) is 5.82 Å². The molecule has 0 N–H and O–H groups in total. The van der Waals surface area contributed by atoms with Crippen LogP contribution in [-0.4, -0.2) is 15.0 Å². The van der Waals surface area contributed by atoms with Crippen LogP contribution in [0.3, 0.4) is 0 Å². The molecule has 0 atom stereocenters. The number of nitrogens with zero attached hydrogens (tertiary/aromatic N) is 3. The zero-order chi connectivity index (χ0) is 39.2. The van der Waals surface area contributed by atoms with Gasteiger partial charge in [0.05, 0.1) is 28.0 Å². The summed E-state index contributed by atoms with van der Waals surface area (Å²) in [4.78, 5) is 15.8. The minimum atomic E-state index is -0.523. The lowest BCUT2D eigenvalue weighted by atomic mass is 9.67. The summed E-state index contributed by atoms with van der Waals surface area (Å²) in [5, 5.41) is 1.09. The number of pyridine rings is 1. The molecule has 0 saturated carbocycles. The van der Waals surface area contributed by atoms with E-state index in [9.17, 15) is 0 Å². The van der Waals surface area contributed by atoms with Crippen molar-refractivity contribution in [2.24, 2.45) is 0 Å². The molecule has 2 heterocycles. The van der Waals surface area contributed by atoms with Crippen LogP contribution in [0.5, 0.6) is 0 Å². The Bertz CT molecular complexity index is 3030. The summed E-state index contributed by atoms with van der Waals surface area (Å²) in [5.74, 6) is 0.680. The van der Waals surface area contributed by atoms with Gasteiger partial charge < -0.3 is 0 Å². The number of rotatable bonds is 7. The first-order chi connectivity index (χ1) is 29.2.